The van der Waals surface area contributed by atoms with Crippen LogP contribution in [0.1, 0.15) is 11.5 Å². The van der Waals surface area contributed by atoms with Gasteiger partial charge in [-0.1, -0.05) is 48.3 Å². The van der Waals surface area contributed by atoms with E-state index < -0.39 is 12.0 Å². The van der Waals surface area contributed by atoms with Gasteiger partial charge in [-0.2, -0.15) is 23.7 Å². The minimum absolute atomic E-state index is 0.171. The van der Waals surface area contributed by atoms with Gasteiger partial charge in [0, 0.05) is 21.7 Å². The Balaban J connectivity index is 2.26. The van der Waals surface area contributed by atoms with Gasteiger partial charge >= 0.3 is 6.18 Å². The highest BCUT2D eigenvalue weighted by atomic mass is 32.2. The zero-order valence-corrected chi connectivity index (χ0v) is 15.2. The van der Waals surface area contributed by atoms with Crippen LogP contribution in [-0.2, 0) is 6.18 Å². The maximum absolute atomic E-state index is 13.2. The van der Waals surface area contributed by atoms with Gasteiger partial charge in [-0.15, -0.1) is 0 Å². The molecule has 0 spiro atoms. The Bertz CT molecular complexity index is 949. The van der Waals surface area contributed by atoms with Crippen LogP contribution in [0.4, 0.5) is 13.2 Å². The Hall–Kier alpha value is -2.47. The highest BCUT2D eigenvalue weighted by molar-refractivity contribution is 8.13. The van der Waals surface area contributed by atoms with Gasteiger partial charge in [0.1, 0.15) is 0 Å². The van der Waals surface area contributed by atoms with Crippen molar-refractivity contribution in [3.05, 3.63) is 66.1 Å². The molecule has 6 heteroatoms. The third-order valence-electron chi connectivity index (χ3n) is 3.94. The lowest BCUT2D eigenvalue weighted by Gasteiger charge is -2.15. The second-order valence-electron chi connectivity index (χ2n) is 5.88. The van der Waals surface area contributed by atoms with Crippen molar-refractivity contribution in [1.29, 1.82) is 0 Å². The zero-order valence-electron chi connectivity index (χ0n) is 14.3. The Morgan fingerprint density at radius 1 is 0.885 bits per heavy atom. The van der Waals surface area contributed by atoms with Crippen LogP contribution in [0, 0.1) is 6.92 Å². The van der Waals surface area contributed by atoms with Gasteiger partial charge in [0.2, 0.25) is 5.82 Å². The minimum atomic E-state index is -4.60. The van der Waals surface area contributed by atoms with E-state index in [1.54, 1.807) is 19.1 Å². The summed E-state index contributed by atoms with van der Waals surface area (Å²) in [6.45, 7) is 1.58. The Morgan fingerprint density at radius 2 is 1.50 bits per heavy atom. The van der Waals surface area contributed by atoms with Crippen molar-refractivity contribution in [3.8, 4) is 22.4 Å². The largest absolute Gasteiger partial charge is 0.451 e. The first-order valence-electron chi connectivity index (χ1n) is 7.84. The maximum Gasteiger partial charge on any atom is 0.451 e. The molecule has 134 valence electrons. The summed E-state index contributed by atoms with van der Waals surface area (Å²) >= 11 is 0. The lowest BCUT2D eigenvalue weighted by Crippen LogP contribution is -2.13. The number of hydrogen-bond acceptors (Lipinski definition) is 2. The molecule has 1 unspecified atom stereocenters. The SMILES string of the molecule is C=S(C)c1ccc(-c2nc(C(F)(F)F)nc(C)c2-c2ccccc2)cc1. The molecule has 0 saturated heterocycles. The van der Waals surface area contributed by atoms with Crippen LogP contribution >= 0.6 is 10.5 Å². The molecule has 1 heterocycles. The molecule has 0 radical (unpaired) electrons. The monoisotopic (exact) mass is 374 g/mol. The molecule has 0 amide bonds. The predicted octanol–water partition coefficient (Wildman–Crippen LogP) is 5.83. The quantitative estimate of drug-likeness (QED) is 0.539. The fourth-order valence-corrected chi connectivity index (χ4v) is 3.30. The molecule has 26 heavy (non-hydrogen) atoms. The highest BCUT2D eigenvalue weighted by Crippen LogP contribution is 2.36. The van der Waals surface area contributed by atoms with Crippen LogP contribution in [0.5, 0.6) is 0 Å². The lowest BCUT2D eigenvalue weighted by molar-refractivity contribution is -0.145. The molecule has 1 atom stereocenters. The molecular formula is C20H17F3N2S. The highest BCUT2D eigenvalue weighted by Gasteiger charge is 2.36. The van der Waals surface area contributed by atoms with Crippen molar-refractivity contribution in [1.82, 2.24) is 9.97 Å². The second-order valence-corrected chi connectivity index (χ2v) is 7.63. The summed E-state index contributed by atoms with van der Waals surface area (Å²) in [6, 6.07) is 16.6. The van der Waals surface area contributed by atoms with Gasteiger partial charge in [0.25, 0.3) is 0 Å². The van der Waals surface area contributed by atoms with Gasteiger partial charge < -0.3 is 0 Å². The second kappa shape index (κ2) is 7.03. The van der Waals surface area contributed by atoms with Crippen molar-refractivity contribution in [2.75, 3.05) is 6.26 Å². The zero-order chi connectivity index (χ0) is 18.9. The topological polar surface area (TPSA) is 25.8 Å². The van der Waals surface area contributed by atoms with Crippen LogP contribution < -0.4 is 0 Å². The fourth-order valence-electron chi connectivity index (χ4n) is 2.70. The summed E-state index contributed by atoms with van der Waals surface area (Å²) in [5.74, 6) is 2.87. The van der Waals surface area contributed by atoms with Gasteiger partial charge in [0.05, 0.1) is 5.69 Å². The van der Waals surface area contributed by atoms with Gasteiger partial charge in [-0.05, 0) is 30.9 Å². The molecule has 0 N–H and O–H groups in total. The molecule has 0 aliphatic carbocycles. The smallest absolute Gasteiger partial charge is 0.229 e. The van der Waals surface area contributed by atoms with E-state index in [2.05, 4.69) is 15.8 Å². The van der Waals surface area contributed by atoms with Crippen molar-refractivity contribution < 1.29 is 13.2 Å². The molecule has 2 nitrogen and oxygen atoms in total. The minimum Gasteiger partial charge on any atom is -0.229 e. The summed E-state index contributed by atoms with van der Waals surface area (Å²) in [5, 5.41) is 0. The third-order valence-corrected chi connectivity index (χ3v) is 5.01. The number of hydrogen-bond donors (Lipinski definition) is 0. The molecule has 0 fully saturated rings. The summed E-state index contributed by atoms with van der Waals surface area (Å²) in [6.07, 6.45) is -2.61. The number of nitrogens with zero attached hydrogens (tertiary/aromatic N) is 2. The van der Waals surface area contributed by atoms with E-state index in [0.717, 1.165) is 10.5 Å². The first-order chi connectivity index (χ1) is 12.3. The van der Waals surface area contributed by atoms with Crippen LogP contribution in [0.15, 0.2) is 59.5 Å². The molecular weight excluding hydrogens is 357 g/mol. The molecule has 0 aliphatic rings. The van der Waals surface area contributed by atoms with Gasteiger partial charge in [-0.3, -0.25) is 0 Å². The molecule has 2 aromatic carbocycles. The Labute approximate surface area is 152 Å². The number of alkyl halides is 3. The molecule has 1 aromatic heterocycles. The van der Waals surface area contributed by atoms with Crippen LogP contribution in [0.3, 0.4) is 0 Å². The predicted molar refractivity (Wildman–Crippen MR) is 102 cm³/mol. The van der Waals surface area contributed by atoms with Crippen molar-refractivity contribution in [2.45, 2.75) is 18.0 Å². The van der Waals surface area contributed by atoms with Crippen LogP contribution in [0.2, 0.25) is 0 Å². The van der Waals surface area contributed by atoms with E-state index in [-0.39, 0.29) is 16.2 Å². The van der Waals surface area contributed by atoms with Crippen LogP contribution in [0.25, 0.3) is 22.4 Å². The van der Waals surface area contributed by atoms with E-state index in [0.29, 0.717) is 16.8 Å². The van der Waals surface area contributed by atoms with E-state index in [1.807, 2.05) is 48.7 Å². The first-order valence-corrected chi connectivity index (χ1v) is 9.65. The normalized spacial score (nSPS) is 12.8. The number of rotatable bonds is 3. The number of aryl methyl sites for hydroxylation is 1. The molecule has 3 rings (SSSR count). The third kappa shape index (κ3) is 3.70. The molecule has 0 saturated carbocycles. The summed E-state index contributed by atoms with van der Waals surface area (Å²) in [7, 11) is -0.171. The average molecular weight is 374 g/mol. The van der Waals surface area contributed by atoms with Crippen molar-refractivity contribution in [2.24, 2.45) is 0 Å². The van der Waals surface area contributed by atoms with E-state index in [9.17, 15) is 13.2 Å². The van der Waals surface area contributed by atoms with Crippen LogP contribution in [-0.4, -0.2) is 22.1 Å². The van der Waals surface area contributed by atoms with E-state index in [1.165, 1.54) is 0 Å². The summed E-state index contributed by atoms with van der Waals surface area (Å²) in [4.78, 5) is 8.62. The standard InChI is InChI=1S/C20H17F3N2S/c1-13-17(14-7-5-4-6-8-14)18(25-19(24-13)20(21,22)23)15-9-11-16(12-10-15)26(2)3/h4-12H,2H2,1,3H3. The lowest BCUT2D eigenvalue weighted by atomic mass is 9.98. The van der Waals surface area contributed by atoms with Crippen molar-refractivity contribution in [3.63, 3.8) is 0 Å². The Morgan fingerprint density at radius 3 is 2.04 bits per heavy atom. The van der Waals surface area contributed by atoms with E-state index >= 15 is 0 Å². The van der Waals surface area contributed by atoms with Gasteiger partial charge in [-0.25, -0.2) is 9.97 Å². The number of halogens is 3. The molecule has 0 aliphatic heterocycles. The maximum atomic E-state index is 13.2. The summed E-state index contributed by atoms with van der Waals surface area (Å²) < 4.78 is 39.7. The average Bonchev–Trinajstić information content (AvgIpc) is 2.61. The summed E-state index contributed by atoms with van der Waals surface area (Å²) in [5.41, 5.74) is 2.59. The number of benzene rings is 2. The number of aromatic nitrogens is 2. The molecule has 0 bridgehead atoms. The first kappa shape index (κ1) is 18.3. The van der Waals surface area contributed by atoms with Crippen molar-refractivity contribution >= 4 is 16.4 Å². The fraction of sp³-hybridized carbons (Fsp3) is 0.150. The Kier molecular flexibility index (Phi) is 4.96. The van der Waals surface area contributed by atoms with Gasteiger partial charge in [0.15, 0.2) is 0 Å². The van der Waals surface area contributed by atoms with E-state index in [4.69, 9.17) is 0 Å². The molecule has 3 aromatic rings.